The highest BCUT2D eigenvalue weighted by molar-refractivity contribution is 5.56. The summed E-state index contributed by atoms with van der Waals surface area (Å²) in [5, 5.41) is 0. The van der Waals surface area contributed by atoms with Gasteiger partial charge in [0.15, 0.2) is 0 Å². The molecule has 0 saturated heterocycles. The Kier molecular flexibility index (Phi) is 2.97. The van der Waals surface area contributed by atoms with Gasteiger partial charge < -0.3 is 9.88 Å². The monoisotopic (exact) mass is 271 g/mol. The molecule has 2 heterocycles. The Morgan fingerprint density at radius 1 is 1.15 bits per heavy atom. The minimum Gasteiger partial charge on any atom is -0.366 e. The number of nitrogens with zero attached hydrogens (tertiary/aromatic N) is 1. The second-order valence-corrected chi connectivity index (χ2v) is 5.33. The summed E-state index contributed by atoms with van der Waals surface area (Å²) in [5.74, 6) is 0. The molecule has 2 aromatic rings. The van der Waals surface area contributed by atoms with Crippen LogP contribution in [0.25, 0.3) is 0 Å². The van der Waals surface area contributed by atoms with Crippen LogP contribution < -0.4 is 16.1 Å². The zero-order chi connectivity index (χ0) is 14.3. The molecule has 0 amide bonds. The number of aromatic amines is 2. The van der Waals surface area contributed by atoms with Crippen molar-refractivity contribution in [3.8, 4) is 0 Å². The highest BCUT2D eigenvalue weighted by Gasteiger charge is 2.21. The first-order chi connectivity index (χ1) is 9.54. The first kappa shape index (κ1) is 12.7. The molecule has 104 valence electrons. The number of nitrogens with one attached hydrogen (secondary N) is 2. The van der Waals surface area contributed by atoms with Gasteiger partial charge in [0, 0.05) is 24.3 Å². The number of rotatable bonds is 1. The third-order valence-corrected chi connectivity index (χ3v) is 3.82. The predicted octanol–water partition coefficient (Wildman–Crippen LogP) is 1.24. The quantitative estimate of drug-likeness (QED) is 0.820. The Morgan fingerprint density at radius 3 is 2.75 bits per heavy atom. The lowest BCUT2D eigenvalue weighted by Gasteiger charge is -2.31. The largest absolute Gasteiger partial charge is 0.366 e. The molecular formula is C15H17N3O2. The molecule has 0 saturated carbocycles. The van der Waals surface area contributed by atoms with E-state index in [9.17, 15) is 9.59 Å². The molecule has 0 atom stereocenters. The van der Waals surface area contributed by atoms with Gasteiger partial charge in [0.1, 0.15) is 0 Å². The van der Waals surface area contributed by atoms with Crippen molar-refractivity contribution in [2.45, 2.75) is 26.8 Å². The highest BCUT2D eigenvalue weighted by atomic mass is 16.2. The van der Waals surface area contributed by atoms with Crippen LogP contribution in [0.2, 0.25) is 0 Å². The standard InChI is InChI=1S/C15H17N3O2/c1-9-3-4-10(2)13(7-9)18-6-5-12-11(8-18)14(19)17-15(20)16-12/h3-4,7H,5-6,8H2,1-2H3,(H2,16,17,19,20). The third-order valence-electron chi connectivity index (χ3n) is 3.82. The van der Waals surface area contributed by atoms with Gasteiger partial charge in [-0.05, 0) is 31.0 Å². The molecule has 1 aromatic heterocycles. The van der Waals surface area contributed by atoms with Crippen molar-refractivity contribution in [2.24, 2.45) is 0 Å². The van der Waals surface area contributed by atoms with Crippen LogP contribution in [0.4, 0.5) is 5.69 Å². The van der Waals surface area contributed by atoms with Crippen LogP contribution >= 0.6 is 0 Å². The van der Waals surface area contributed by atoms with Crippen molar-refractivity contribution in [3.63, 3.8) is 0 Å². The summed E-state index contributed by atoms with van der Waals surface area (Å²) in [7, 11) is 0. The maximum atomic E-state index is 11.9. The molecule has 20 heavy (non-hydrogen) atoms. The minimum atomic E-state index is -0.422. The fraction of sp³-hybridized carbons (Fsp3) is 0.333. The van der Waals surface area contributed by atoms with E-state index in [2.05, 4.69) is 46.9 Å². The molecule has 0 bridgehead atoms. The van der Waals surface area contributed by atoms with Crippen molar-refractivity contribution >= 4 is 5.69 Å². The highest BCUT2D eigenvalue weighted by Crippen LogP contribution is 2.25. The van der Waals surface area contributed by atoms with E-state index in [0.717, 1.165) is 17.9 Å². The number of benzene rings is 1. The lowest BCUT2D eigenvalue weighted by atomic mass is 10.0. The van der Waals surface area contributed by atoms with Gasteiger partial charge in [-0.25, -0.2) is 4.79 Å². The predicted molar refractivity (Wildman–Crippen MR) is 78.4 cm³/mol. The number of fused-ring (bicyclic) bond motifs is 1. The van der Waals surface area contributed by atoms with E-state index in [0.29, 0.717) is 18.5 Å². The minimum absolute atomic E-state index is 0.279. The Morgan fingerprint density at radius 2 is 1.95 bits per heavy atom. The van der Waals surface area contributed by atoms with E-state index in [1.165, 1.54) is 11.1 Å². The van der Waals surface area contributed by atoms with E-state index in [1.807, 2.05) is 0 Å². The number of hydrogen-bond acceptors (Lipinski definition) is 3. The molecule has 1 aliphatic heterocycles. The van der Waals surface area contributed by atoms with E-state index < -0.39 is 5.69 Å². The third kappa shape index (κ3) is 2.15. The van der Waals surface area contributed by atoms with Crippen LogP contribution in [-0.2, 0) is 13.0 Å². The number of hydrogen-bond donors (Lipinski definition) is 2. The first-order valence-electron chi connectivity index (χ1n) is 6.71. The average Bonchev–Trinajstić information content (AvgIpc) is 2.41. The van der Waals surface area contributed by atoms with E-state index in [-0.39, 0.29) is 5.56 Å². The number of H-pyrrole nitrogens is 2. The van der Waals surface area contributed by atoms with Crippen LogP contribution in [0, 0.1) is 13.8 Å². The van der Waals surface area contributed by atoms with Gasteiger partial charge >= 0.3 is 5.69 Å². The van der Waals surface area contributed by atoms with Crippen LogP contribution in [0.5, 0.6) is 0 Å². The maximum Gasteiger partial charge on any atom is 0.325 e. The van der Waals surface area contributed by atoms with Crippen LogP contribution in [0.15, 0.2) is 27.8 Å². The lowest BCUT2D eigenvalue weighted by Crippen LogP contribution is -2.39. The molecule has 5 heteroatoms. The van der Waals surface area contributed by atoms with Gasteiger partial charge in [0.05, 0.1) is 12.1 Å². The smallest absolute Gasteiger partial charge is 0.325 e. The van der Waals surface area contributed by atoms with Crippen LogP contribution in [-0.4, -0.2) is 16.5 Å². The molecule has 0 fully saturated rings. The normalized spacial score (nSPS) is 14.2. The van der Waals surface area contributed by atoms with Crippen LogP contribution in [0.3, 0.4) is 0 Å². The SMILES string of the molecule is Cc1ccc(C)c(N2CCc3[nH]c(=O)[nH]c(=O)c3C2)c1. The lowest BCUT2D eigenvalue weighted by molar-refractivity contribution is 0.689. The second kappa shape index (κ2) is 4.67. The molecule has 5 nitrogen and oxygen atoms in total. The number of aromatic nitrogens is 2. The summed E-state index contributed by atoms with van der Waals surface area (Å²) in [6.07, 6.45) is 0.682. The Hall–Kier alpha value is -2.30. The fourth-order valence-electron chi connectivity index (χ4n) is 2.72. The van der Waals surface area contributed by atoms with Gasteiger partial charge in [-0.1, -0.05) is 12.1 Å². The Bertz CT molecular complexity index is 773. The maximum absolute atomic E-state index is 11.9. The number of aryl methyl sites for hydroxylation is 2. The van der Waals surface area contributed by atoms with Crippen molar-refractivity contribution in [3.05, 3.63) is 61.4 Å². The summed E-state index contributed by atoms with van der Waals surface area (Å²) < 4.78 is 0. The van der Waals surface area contributed by atoms with E-state index in [1.54, 1.807) is 0 Å². The fourth-order valence-corrected chi connectivity index (χ4v) is 2.72. The van der Waals surface area contributed by atoms with Crippen molar-refractivity contribution in [1.82, 2.24) is 9.97 Å². The zero-order valence-electron chi connectivity index (χ0n) is 11.6. The van der Waals surface area contributed by atoms with Gasteiger partial charge in [0.25, 0.3) is 5.56 Å². The van der Waals surface area contributed by atoms with Crippen molar-refractivity contribution < 1.29 is 0 Å². The van der Waals surface area contributed by atoms with Gasteiger partial charge in [-0.15, -0.1) is 0 Å². The molecule has 1 aromatic carbocycles. The zero-order valence-corrected chi connectivity index (χ0v) is 11.6. The summed E-state index contributed by atoms with van der Waals surface area (Å²) in [6.45, 7) is 5.47. The van der Waals surface area contributed by atoms with E-state index in [4.69, 9.17) is 0 Å². The summed E-state index contributed by atoms with van der Waals surface area (Å²) in [4.78, 5) is 30.4. The molecule has 0 aliphatic carbocycles. The van der Waals surface area contributed by atoms with Gasteiger partial charge in [0.2, 0.25) is 0 Å². The average molecular weight is 271 g/mol. The summed E-state index contributed by atoms with van der Waals surface area (Å²) in [6, 6.07) is 6.32. The van der Waals surface area contributed by atoms with Gasteiger partial charge in [-0.2, -0.15) is 0 Å². The molecular weight excluding hydrogens is 254 g/mol. The Balaban J connectivity index is 2.02. The van der Waals surface area contributed by atoms with Crippen molar-refractivity contribution in [1.29, 1.82) is 0 Å². The second-order valence-electron chi connectivity index (χ2n) is 5.33. The molecule has 0 spiro atoms. The molecule has 2 N–H and O–H groups in total. The topological polar surface area (TPSA) is 69.0 Å². The summed E-state index contributed by atoms with van der Waals surface area (Å²) >= 11 is 0. The molecule has 1 aliphatic rings. The van der Waals surface area contributed by atoms with Gasteiger partial charge in [-0.3, -0.25) is 9.78 Å². The first-order valence-corrected chi connectivity index (χ1v) is 6.71. The molecule has 0 radical (unpaired) electrons. The van der Waals surface area contributed by atoms with E-state index >= 15 is 0 Å². The molecule has 3 rings (SSSR count). The Labute approximate surface area is 116 Å². The molecule has 0 unspecified atom stereocenters. The van der Waals surface area contributed by atoms with Crippen molar-refractivity contribution in [2.75, 3.05) is 11.4 Å². The number of anilines is 1. The van der Waals surface area contributed by atoms with Crippen LogP contribution in [0.1, 0.15) is 22.4 Å². The summed E-state index contributed by atoms with van der Waals surface area (Å²) in [5.41, 5.74) is 4.28.